The van der Waals surface area contributed by atoms with Gasteiger partial charge in [0.05, 0.1) is 23.8 Å². The maximum atomic E-state index is 11.7. The number of carbonyl (C=O) groups excluding carboxylic acids is 2. The van der Waals surface area contributed by atoms with Crippen molar-refractivity contribution in [3.63, 3.8) is 0 Å². The third kappa shape index (κ3) is 5.87. The van der Waals surface area contributed by atoms with Crippen molar-refractivity contribution in [1.82, 2.24) is 0 Å². The zero-order chi connectivity index (χ0) is 28.6. The molecular formula is C34H30CaO6. The number of para-hydroxylation sites is 2. The van der Waals surface area contributed by atoms with Crippen molar-refractivity contribution in [2.45, 2.75) is 51.4 Å². The summed E-state index contributed by atoms with van der Waals surface area (Å²) in [6.45, 7) is 8.18. The molecule has 0 aliphatic carbocycles. The van der Waals surface area contributed by atoms with E-state index < -0.39 is 23.8 Å². The smallest absolute Gasteiger partial charge is 0.549 e. The van der Waals surface area contributed by atoms with Crippen LogP contribution in [0.4, 0.5) is 0 Å². The van der Waals surface area contributed by atoms with Crippen LogP contribution in [-0.2, 0) is 9.59 Å². The molecule has 2 unspecified atom stereocenters. The van der Waals surface area contributed by atoms with E-state index in [1.165, 1.54) is 0 Å². The topological polar surface area (TPSA) is 98.7 Å². The van der Waals surface area contributed by atoms with Crippen LogP contribution in [0.2, 0.25) is 0 Å². The van der Waals surface area contributed by atoms with Crippen LogP contribution in [0.5, 0.6) is 23.0 Å². The second-order valence-electron chi connectivity index (χ2n) is 10.6. The molecule has 0 bridgehead atoms. The van der Waals surface area contributed by atoms with E-state index in [1.54, 1.807) is 24.3 Å². The number of benzene rings is 4. The van der Waals surface area contributed by atoms with Crippen molar-refractivity contribution in [1.29, 1.82) is 0 Å². The molecule has 4 aromatic rings. The van der Waals surface area contributed by atoms with Gasteiger partial charge >= 0.3 is 37.7 Å². The Hall–Kier alpha value is -3.32. The third-order valence-corrected chi connectivity index (χ3v) is 7.39. The van der Waals surface area contributed by atoms with Gasteiger partial charge in [0.15, 0.2) is 0 Å². The maximum Gasteiger partial charge on any atom is 2.00 e. The molecule has 2 aliphatic heterocycles. The minimum atomic E-state index is -1.09. The molecule has 0 N–H and O–H groups in total. The van der Waals surface area contributed by atoms with Gasteiger partial charge in [0.2, 0.25) is 0 Å². The summed E-state index contributed by atoms with van der Waals surface area (Å²) in [5, 5.41) is 23.4. The average molecular weight is 575 g/mol. The second kappa shape index (κ2) is 12.7. The fraction of sp³-hybridized carbons (Fsp3) is 0.235. The van der Waals surface area contributed by atoms with E-state index in [9.17, 15) is 19.8 Å². The van der Waals surface area contributed by atoms with Crippen LogP contribution in [0.25, 0.3) is 0 Å². The standard InChI is InChI=1S/2C17H16O3.Ca/c2*1-10(2)11-7-5-9-14-15(11)16(17(18)19)12-6-3-4-8-13(12)20-14;/h2*3-10,16H,1-2H3,(H,18,19);/q;;+2/p-2. The SMILES string of the molecule is CC(C)c1cccc2c1C(C(=O)[O-])c1ccccc1O2.CC(C)c1cccc2c1C(C(=O)[O-])c1ccccc1O2.[Ca+2]. The molecule has 2 aliphatic rings. The number of hydrogen-bond donors (Lipinski definition) is 0. The Morgan fingerprint density at radius 2 is 0.902 bits per heavy atom. The number of carboxylic acid groups (broad SMARTS) is 2. The Labute approximate surface area is 270 Å². The number of fused-ring (bicyclic) bond motifs is 4. The first-order valence-electron chi connectivity index (χ1n) is 13.4. The van der Waals surface area contributed by atoms with Crippen LogP contribution in [0.1, 0.15) is 84.7 Å². The summed E-state index contributed by atoms with van der Waals surface area (Å²) in [5.74, 6) is -0.855. The van der Waals surface area contributed by atoms with Crippen molar-refractivity contribution in [3.05, 3.63) is 118 Å². The number of aliphatic carboxylic acids is 2. The summed E-state index contributed by atoms with van der Waals surface area (Å²) in [6.07, 6.45) is 0. The van der Waals surface area contributed by atoms with Gasteiger partial charge in [-0.15, -0.1) is 0 Å². The molecule has 0 spiro atoms. The van der Waals surface area contributed by atoms with E-state index in [0.717, 1.165) is 22.3 Å². The minimum Gasteiger partial charge on any atom is -0.549 e. The summed E-state index contributed by atoms with van der Waals surface area (Å²) in [4.78, 5) is 23.4. The predicted octanol–water partition coefficient (Wildman–Crippen LogP) is 5.21. The van der Waals surface area contributed by atoms with Crippen molar-refractivity contribution >= 4 is 49.7 Å². The number of carboxylic acids is 2. The molecular weight excluding hydrogens is 544 g/mol. The van der Waals surface area contributed by atoms with Gasteiger partial charge in [-0.3, -0.25) is 0 Å². The van der Waals surface area contributed by atoms with Crippen LogP contribution >= 0.6 is 0 Å². The van der Waals surface area contributed by atoms with Gasteiger partial charge in [-0.1, -0.05) is 88.4 Å². The Balaban J connectivity index is 0.000000184. The molecule has 6 rings (SSSR count). The van der Waals surface area contributed by atoms with Crippen LogP contribution in [0.3, 0.4) is 0 Å². The molecule has 0 aromatic heterocycles. The molecule has 204 valence electrons. The van der Waals surface area contributed by atoms with Crippen molar-refractivity contribution < 1.29 is 29.3 Å². The molecule has 0 saturated carbocycles. The quantitative estimate of drug-likeness (QED) is 0.310. The Kier molecular flexibility index (Phi) is 9.48. The molecule has 0 saturated heterocycles. The second-order valence-corrected chi connectivity index (χ2v) is 10.6. The Morgan fingerprint density at radius 1 is 0.561 bits per heavy atom. The third-order valence-electron chi connectivity index (χ3n) is 7.39. The summed E-state index contributed by atoms with van der Waals surface area (Å²) < 4.78 is 11.7. The molecule has 0 fully saturated rings. The van der Waals surface area contributed by atoms with Gasteiger partial charge in [-0.25, -0.2) is 0 Å². The Morgan fingerprint density at radius 3 is 1.24 bits per heavy atom. The molecule has 2 heterocycles. The maximum absolute atomic E-state index is 11.7. The van der Waals surface area contributed by atoms with Crippen molar-refractivity contribution in [2.24, 2.45) is 0 Å². The average Bonchev–Trinajstić information content (AvgIpc) is 2.93. The number of hydrogen-bond acceptors (Lipinski definition) is 6. The molecule has 0 amide bonds. The van der Waals surface area contributed by atoms with Crippen LogP contribution in [-0.4, -0.2) is 49.7 Å². The monoisotopic (exact) mass is 574 g/mol. The zero-order valence-corrected chi connectivity index (χ0v) is 25.8. The fourth-order valence-electron chi connectivity index (χ4n) is 5.59. The van der Waals surface area contributed by atoms with E-state index in [4.69, 9.17) is 9.47 Å². The molecule has 6 nitrogen and oxygen atoms in total. The fourth-order valence-corrected chi connectivity index (χ4v) is 5.59. The van der Waals surface area contributed by atoms with Crippen molar-refractivity contribution in [2.75, 3.05) is 0 Å². The number of carbonyl (C=O) groups is 2. The van der Waals surface area contributed by atoms with Gasteiger partial charge in [-0.2, -0.15) is 0 Å². The number of ether oxygens (including phenoxy) is 2. The zero-order valence-electron chi connectivity index (χ0n) is 23.5. The summed E-state index contributed by atoms with van der Waals surface area (Å²) in [6, 6.07) is 25.8. The predicted molar refractivity (Wildman–Crippen MR) is 154 cm³/mol. The van der Waals surface area contributed by atoms with Crippen LogP contribution in [0, 0.1) is 0 Å². The molecule has 7 heteroatoms. The summed E-state index contributed by atoms with van der Waals surface area (Å²) in [7, 11) is 0. The first-order chi connectivity index (χ1) is 19.2. The van der Waals surface area contributed by atoms with Crippen LogP contribution in [0.15, 0.2) is 84.9 Å². The van der Waals surface area contributed by atoms with Gasteiger partial charge in [0.1, 0.15) is 23.0 Å². The molecule has 4 aromatic carbocycles. The van der Waals surface area contributed by atoms with Gasteiger partial charge in [0, 0.05) is 22.3 Å². The van der Waals surface area contributed by atoms with E-state index in [1.807, 2.05) is 88.4 Å². The van der Waals surface area contributed by atoms with E-state index in [0.29, 0.717) is 34.1 Å². The van der Waals surface area contributed by atoms with E-state index in [2.05, 4.69) is 0 Å². The van der Waals surface area contributed by atoms with Gasteiger partial charge in [0.25, 0.3) is 0 Å². The number of rotatable bonds is 4. The largest absolute Gasteiger partial charge is 2.00 e. The summed E-state index contributed by atoms with van der Waals surface area (Å²) in [5.41, 5.74) is 4.75. The summed E-state index contributed by atoms with van der Waals surface area (Å²) >= 11 is 0. The Bertz CT molecular complexity index is 1470. The van der Waals surface area contributed by atoms with Gasteiger partial charge in [-0.05, 0) is 47.2 Å². The molecule has 41 heavy (non-hydrogen) atoms. The molecule has 2 atom stereocenters. The van der Waals surface area contributed by atoms with E-state index in [-0.39, 0.29) is 49.6 Å². The first-order valence-corrected chi connectivity index (χ1v) is 13.4. The van der Waals surface area contributed by atoms with E-state index >= 15 is 0 Å². The molecule has 0 radical (unpaired) electrons. The minimum absolute atomic E-state index is 0. The van der Waals surface area contributed by atoms with Crippen molar-refractivity contribution in [3.8, 4) is 23.0 Å². The van der Waals surface area contributed by atoms with Gasteiger partial charge < -0.3 is 29.3 Å². The first kappa shape index (κ1) is 30.6. The van der Waals surface area contributed by atoms with Crippen LogP contribution < -0.4 is 19.7 Å². The normalized spacial score (nSPS) is 15.9.